The van der Waals surface area contributed by atoms with E-state index in [1.807, 2.05) is 31.2 Å². The third kappa shape index (κ3) is 5.69. The lowest BCUT2D eigenvalue weighted by atomic mass is 9.99. The maximum Gasteiger partial charge on any atom is 0.256 e. The molecule has 1 aliphatic carbocycles. The summed E-state index contributed by atoms with van der Waals surface area (Å²) in [4.78, 5) is 15.1. The van der Waals surface area contributed by atoms with Gasteiger partial charge in [-0.3, -0.25) is 4.79 Å². The molecular formula is C22H34N2O3. The van der Waals surface area contributed by atoms with Gasteiger partial charge in [0.25, 0.3) is 5.91 Å². The van der Waals surface area contributed by atoms with E-state index in [1.54, 1.807) is 7.11 Å². The Morgan fingerprint density at radius 3 is 2.41 bits per heavy atom. The summed E-state index contributed by atoms with van der Waals surface area (Å²) in [5.41, 5.74) is 0.0449. The van der Waals surface area contributed by atoms with Crippen molar-refractivity contribution in [2.24, 2.45) is 5.92 Å². The smallest absolute Gasteiger partial charge is 0.256 e. The van der Waals surface area contributed by atoms with Crippen molar-refractivity contribution < 1.29 is 14.3 Å². The Balaban J connectivity index is 1.40. The topological polar surface area (TPSA) is 50.8 Å². The minimum atomic E-state index is -0.734. The molecule has 3 rings (SSSR count). The Morgan fingerprint density at radius 2 is 1.81 bits per heavy atom. The first kappa shape index (κ1) is 20.2. The summed E-state index contributed by atoms with van der Waals surface area (Å²) < 4.78 is 11.4. The Morgan fingerprint density at radius 1 is 1.15 bits per heavy atom. The van der Waals surface area contributed by atoms with Crippen LogP contribution < -0.4 is 10.1 Å². The van der Waals surface area contributed by atoms with Gasteiger partial charge in [0.15, 0.2) is 0 Å². The average Bonchev–Trinajstić information content (AvgIpc) is 3.53. The van der Waals surface area contributed by atoms with Crippen LogP contribution in [-0.2, 0) is 9.53 Å². The average molecular weight is 375 g/mol. The van der Waals surface area contributed by atoms with E-state index in [4.69, 9.17) is 9.47 Å². The van der Waals surface area contributed by atoms with Gasteiger partial charge in [0.05, 0.1) is 6.61 Å². The first-order valence-corrected chi connectivity index (χ1v) is 10.4. The summed E-state index contributed by atoms with van der Waals surface area (Å²) >= 11 is 0. The van der Waals surface area contributed by atoms with Gasteiger partial charge in [0, 0.05) is 19.3 Å². The monoisotopic (exact) mass is 374 g/mol. The van der Waals surface area contributed by atoms with Crippen molar-refractivity contribution >= 4 is 11.6 Å². The van der Waals surface area contributed by atoms with Crippen molar-refractivity contribution in [3.05, 3.63) is 24.3 Å². The molecule has 2 aliphatic rings. The highest BCUT2D eigenvalue weighted by molar-refractivity contribution is 5.97. The molecule has 1 aromatic carbocycles. The second-order valence-corrected chi connectivity index (χ2v) is 8.02. The molecule has 0 radical (unpaired) electrons. The first-order valence-electron chi connectivity index (χ1n) is 10.4. The van der Waals surface area contributed by atoms with Crippen LogP contribution in [-0.4, -0.2) is 49.8 Å². The predicted octanol–water partition coefficient (Wildman–Crippen LogP) is 4.09. The number of rotatable bonds is 9. The van der Waals surface area contributed by atoms with Crippen molar-refractivity contribution in [1.82, 2.24) is 4.90 Å². The molecule has 5 nitrogen and oxygen atoms in total. The van der Waals surface area contributed by atoms with Crippen LogP contribution >= 0.6 is 0 Å². The predicted molar refractivity (Wildman–Crippen MR) is 108 cm³/mol. The Kier molecular flexibility index (Phi) is 7.13. The Bertz CT molecular complexity index is 592. The summed E-state index contributed by atoms with van der Waals surface area (Å²) in [5, 5.41) is 2.97. The van der Waals surface area contributed by atoms with Crippen molar-refractivity contribution in [2.45, 2.75) is 57.5 Å². The van der Waals surface area contributed by atoms with E-state index in [-0.39, 0.29) is 5.91 Å². The number of nitrogens with zero attached hydrogens (tertiary/aromatic N) is 1. The van der Waals surface area contributed by atoms with Crippen LogP contribution in [0.25, 0.3) is 0 Å². The van der Waals surface area contributed by atoms with Crippen molar-refractivity contribution in [3.63, 3.8) is 0 Å². The number of carbonyl (C=O) groups is 1. The third-order valence-corrected chi connectivity index (χ3v) is 5.93. The molecule has 0 aromatic heterocycles. The fourth-order valence-corrected chi connectivity index (χ4v) is 3.81. The lowest BCUT2D eigenvalue weighted by Crippen LogP contribution is -2.43. The van der Waals surface area contributed by atoms with E-state index in [0.29, 0.717) is 5.92 Å². The number of hydrogen-bond acceptors (Lipinski definition) is 4. The van der Waals surface area contributed by atoms with Crippen molar-refractivity contribution in [3.8, 4) is 5.75 Å². The summed E-state index contributed by atoms with van der Waals surface area (Å²) in [5.74, 6) is 1.11. The van der Waals surface area contributed by atoms with Gasteiger partial charge in [-0.05, 0) is 82.3 Å². The quantitative estimate of drug-likeness (QED) is 0.662. The molecule has 0 spiro atoms. The van der Waals surface area contributed by atoms with E-state index >= 15 is 0 Å². The van der Waals surface area contributed by atoms with Gasteiger partial charge in [-0.2, -0.15) is 0 Å². The zero-order valence-electron chi connectivity index (χ0n) is 16.8. The first-order chi connectivity index (χ1) is 13.1. The number of carbonyl (C=O) groups excluding carboxylic acids is 1. The van der Waals surface area contributed by atoms with Crippen molar-refractivity contribution in [1.29, 1.82) is 0 Å². The number of benzene rings is 1. The molecule has 1 atom stereocenters. The molecule has 1 unspecified atom stereocenters. The molecule has 1 saturated carbocycles. The van der Waals surface area contributed by atoms with Gasteiger partial charge in [0.1, 0.15) is 11.4 Å². The third-order valence-electron chi connectivity index (χ3n) is 5.93. The number of hydrogen-bond donors (Lipinski definition) is 1. The van der Waals surface area contributed by atoms with Crippen LogP contribution in [0, 0.1) is 5.92 Å². The minimum absolute atomic E-state index is 0.0707. The van der Waals surface area contributed by atoms with Gasteiger partial charge in [-0.1, -0.05) is 12.8 Å². The number of anilines is 1. The molecule has 5 heteroatoms. The lowest BCUT2D eigenvalue weighted by Gasteiger charge is -2.26. The van der Waals surface area contributed by atoms with Crippen LogP contribution in [0.4, 0.5) is 5.69 Å². The van der Waals surface area contributed by atoms with Gasteiger partial charge in [-0.25, -0.2) is 0 Å². The molecule has 1 saturated heterocycles. The van der Waals surface area contributed by atoms with Crippen LogP contribution in [0.15, 0.2) is 24.3 Å². The van der Waals surface area contributed by atoms with Crippen LogP contribution in [0.5, 0.6) is 5.75 Å². The molecule has 2 fully saturated rings. The highest BCUT2D eigenvalue weighted by atomic mass is 16.5. The number of ether oxygens (including phenoxy) is 2. The molecule has 27 heavy (non-hydrogen) atoms. The SMILES string of the molecule is COC(C)(C(=O)Nc1ccc(OCCCN2CCCCCC2)cc1)C1CC1. The maximum atomic E-state index is 12.5. The zero-order chi connectivity index (χ0) is 19.1. The van der Waals surface area contributed by atoms with Crippen LogP contribution in [0.3, 0.4) is 0 Å². The minimum Gasteiger partial charge on any atom is -0.494 e. The molecule has 1 aromatic rings. The summed E-state index contributed by atoms with van der Waals surface area (Å²) in [6, 6.07) is 7.63. The molecular weight excluding hydrogens is 340 g/mol. The van der Waals surface area contributed by atoms with E-state index in [2.05, 4.69) is 10.2 Å². The van der Waals surface area contributed by atoms with Gasteiger partial charge < -0.3 is 19.7 Å². The highest BCUT2D eigenvalue weighted by Crippen LogP contribution is 2.42. The highest BCUT2D eigenvalue weighted by Gasteiger charge is 2.47. The summed E-state index contributed by atoms with van der Waals surface area (Å²) in [6.07, 6.45) is 8.57. The number of nitrogens with one attached hydrogen (secondary N) is 1. The molecule has 1 aliphatic heterocycles. The van der Waals surface area contributed by atoms with E-state index < -0.39 is 5.60 Å². The fraction of sp³-hybridized carbons (Fsp3) is 0.682. The number of amides is 1. The molecule has 1 amide bonds. The second-order valence-electron chi connectivity index (χ2n) is 8.02. The van der Waals surface area contributed by atoms with E-state index in [1.165, 1.54) is 38.8 Å². The summed E-state index contributed by atoms with van der Waals surface area (Å²) in [6.45, 7) is 6.18. The fourth-order valence-electron chi connectivity index (χ4n) is 3.81. The normalized spacial score (nSPS) is 20.5. The molecule has 1 heterocycles. The molecule has 150 valence electrons. The lowest BCUT2D eigenvalue weighted by molar-refractivity contribution is -0.138. The Labute approximate surface area is 163 Å². The van der Waals surface area contributed by atoms with Crippen molar-refractivity contribution in [2.75, 3.05) is 38.7 Å². The van der Waals surface area contributed by atoms with E-state index in [9.17, 15) is 4.79 Å². The largest absolute Gasteiger partial charge is 0.494 e. The standard InChI is InChI=1S/C22H34N2O3/c1-22(26-2,18-8-9-18)21(25)23-19-10-12-20(13-11-19)27-17-7-16-24-14-5-3-4-6-15-24/h10-13,18H,3-9,14-17H2,1-2H3,(H,23,25). The zero-order valence-corrected chi connectivity index (χ0v) is 16.8. The van der Waals surface area contributed by atoms with Crippen LogP contribution in [0.1, 0.15) is 51.9 Å². The maximum absolute atomic E-state index is 12.5. The molecule has 0 bridgehead atoms. The van der Waals surface area contributed by atoms with Gasteiger partial charge >= 0.3 is 0 Å². The number of likely N-dealkylation sites (tertiary alicyclic amines) is 1. The second kappa shape index (κ2) is 9.56. The Hall–Kier alpha value is -1.59. The summed E-state index contributed by atoms with van der Waals surface area (Å²) in [7, 11) is 1.61. The van der Waals surface area contributed by atoms with Crippen LogP contribution in [0.2, 0.25) is 0 Å². The van der Waals surface area contributed by atoms with Gasteiger partial charge in [0.2, 0.25) is 0 Å². The molecule has 1 N–H and O–H groups in total. The number of methoxy groups -OCH3 is 1. The van der Waals surface area contributed by atoms with Gasteiger partial charge in [-0.15, -0.1) is 0 Å². The van der Waals surface area contributed by atoms with E-state index in [0.717, 1.165) is 43.9 Å².